The highest BCUT2D eigenvalue weighted by Gasteiger charge is 2.52. The zero-order valence-corrected chi connectivity index (χ0v) is 26.8. The van der Waals surface area contributed by atoms with Crippen molar-refractivity contribution in [3.05, 3.63) is 24.9 Å². The molecule has 5 aliphatic rings. The van der Waals surface area contributed by atoms with Crippen molar-refractivity contribution in [3.63, 3.8) is 0 Å². The number of fused-ring (bicyclic) bond motifs is 1. The molecule has 0 aromatic heterocycles. The molecule has 3 heterocycles. The third kappa shape index (κ3) is 7.78. The average Bonchev–Trinajstić information content (AvgIpc) is 3.74. The molecule has 3 aliphatic heterocycles. The molecule has 8 unspecified atom stereocenters. The number of halogens is 2. The standard InChI is InChI=1S/C28H50F2N5P.C4H6O/c1-4-6-22-26-23(5-2)34(17(3)21-13-14-25(28(29,30)36)32-27(21)31)16-15-24(26)35(33-22)20-11-9-19(10-12-20)18-7-8-18;1-3-4(2)5/h18-27,32-33H,3-16,31,36H2,1-2H3;3H,1H2,2H3. The Kier molecular flexibility index (Phi) is 11.5. The molecule has 9 heteroatoms. The summed E-state index contributed by atoms with van der Waals surface area (Å²) in [4.78, 5) is 12.2. The monoisotopic (exact) mass is 595 g/mol. The maximum atomic E-state index is 13.9. The number of nitrogens with two attached hydrogens (primary N) is 1. The van der Waals surface area contributed by atoms with Crippen LogP contribution in [0.4, 0.5) is 8.78 Å². The lowest BCUT2D eigenvalue weighted by Crippen LogP contribution is -2.60. The summed E-state index contributed by atoms with van der Waals surface area (Å²) in [5.41, 5.74) is 8.71. The Hall–Kier alpha value is -0.920. The van der Waals surface area contributed by atoms with Crippen molar-refractivity contribution in [2.75, 3.05) is 6.54 Å². The Morgan fingerprint density at radius 3 is 2.17 bits per heavy atom. The fraction of sp³-hybridized carbons (Fsp3) is 0.844. The fourth-order valence-corrected chi connectivity index (χ4v) is 8.65. The molecule has 0 spiro atoms. The summed E-state index contributed by atoms with van der Waals surface area (Å²) in [5, 5.41) is 5.72. The highest BCUT2D eigenvalue weighted by Crippen LogP contribution is 2.47. The largest absolute Gasteiger partial charge is 0.372 e. The van der Waals surface area contributed by atoms with Gasteiger partial charge in [0.25, 0.3) is 5.66 Å². The predicted octanol–water partition coefficient (Wildman–Crippen LogP) is 5.81. The molecule has 5 fully saturated rings. The minimum Gasteiger partial charge on any atom is -0.372 e. The number of hydrazine groups is 1. The molecule has 0 bridgehead atoms. The number of nitrogens with one attached hydrogen (secondary N) is 2. The topological polar surface area (TPSA) is 73.6 Å². The number of nitrogens with zero attached hydrogens (tertiary/aromatic N) is 2. The van der Waals surface area contributed by atoms with Gasteiger partial charge in [0.05, 0.1) is 12.2 Å². The van der Waals surface area contributed by atoms with Gasteiger partial charge in [0, 0.05) is 48.2 Å². The van der Waals surface area contributed by atoms with Gasteiger partial charge in [0.2, 0.25) is 0 Å². The van der Waals surface area contributed by atoms with Gasteiger partial charge in [-0.15, -0.1) is 0 Å². The Morgan fingerprint density at radius 2 is 1.68 bits per heavy atom. The molecule has 3 saturated heterocycles. The summed E-state index contributed by atoms with van der Waals surface area (Å²) < 4.78 is 27.8. The van der Waals surface area contributed by atoms with Crippen LogP contribution >= 0.6 is 9.24 Å². The van der Waals surface area contributed by atoms with Crippen molar-refractivity contribution in [3.8, 4) is 0 Å². The number of hydrogen-bond acceptors (Lipinski definition) is 6. The molecule has 8 atom stereocenters. The van der Waals surface area contributed by atoms with Gasteiger partial charge in [-0.25, -0.2) is 13.8 Å². The number of carbonyl (C=O) groups excluding carboxylic acids is 1. The van der Waals surface area contributed by atoms with Crippen molar-refractivity contribution >= 4 is 15.0 Å². The Balaban J connectivity index is 0.000000714. The SMILES string of the molecule is C=C(C1CCC(C(F)(F)P)NC1N)N1CCC2C(C(CCC)NN2C2CCC(C3CC3)CC2)C1CC.C=CC(C)=O. The smallest absolute Gasteiger partial charge is 0.273 e. The van der Waals surface area contributed by atoms with Crippen molar-refractivity contribution in [2.24, 2.45) is 29.4 Å². The zero-order chi connectivity index (χ0) is 29.9. The molecule has 2 aliphatic carbocycles. The lowest BCUT2D eigenvalue weighted by atomic mass is 9.76. The van der Waals surface area contributed by atoms with Gasteiger partial charge in [-0.3, -0.25) is 15.5 Å². The van der Waals surface area contributed by atoms with Crippen LogP contribution in [0.2, 0.25) is 0 Å². The second-order valence-corrected chi connectivity index (χ2v) is 14.1. The number of likely N-dealkylation sites (tertiary alicyclic amines) is 1. The van der Waals surface area contributed by atoms with Gasteiger partial charge >= 0.3 is 0 Å². The molecule has 0 aromatic rings. The molecular weight excluding hydrogens is 539 g/mol. The van der Waals surface area contributed by atoms with E-state index in [1.807, 2.05) is 0 Å². The lowest BCUT2D eigenvalue weighted by Gasteiger charge is -2.50. The first-order valence-corrected chi connectivity index (χ1v) is 16.9. The number of ketones is 1. The van der Waals surface area contributed by atoms with Gasteiger partial charge in [0.15, 0.2) is 5.78 Å². The van der Waals surface area contributed by atoms with Crippen LogP contribution in [0, 0.1) is 23.7 Å². The molecule has 5 rings (SSSR count). The number of carbonyl (C=O) groups is 1. The van der Waals surface area contributed by atoms with E-state index in [1.54, 1.807) is 9.24 Å². The van der Waals surface area contributed by atoms with Gasteiger partial charge in [0.1, 0.15) is 0 Å². The number of alkyl halides is 2. The lowest BCUT2D eigenvalue weighted by molar-refractivity contribution is -0.112. The highest BCUT2D eigenvalue weighted by molar-refractivity contribution is 7.18. The van der Waals surface area contributed by atoms with E-state index in [0.29, 0.717) is 42.9 Å². The van der Waals surface area contributed by atoms with Gasteiger partial charge < -0.3 is 10.6 Å². The fourth-order valence-electron chi connectivity index (χ4n) is 8.39. The molecule has 41 heavy (non-hydrogen) atoms. The van der Waals surface area contributed by atoms with Crippen LogP contribution in [0.5, 0.6) is 0 Å². The second kappa shape index (κ2) is 14.2. The van der Waals surface area contributed by atoms with Gasteiger partial charge in [-0.05, 0) is 95.5 Å². The van der Waals surface area contributed by atoms with E-state index in [-0.39, 0.29) is 11.7 Å². The number of rotatable bonds is 9. The summed E-state index contributed by atoms with van der Waals surface area (Å²) in [5.74, 6) is 2.62. The van der Waals surface area contributed by atoms with Crippen LogP contribution in [0.25, 0.3) is 0 Å². The summed E-state index contributed by atoms with van der Waals surface area (Å²) >= 11 is 0. The molecule has 0 radical (unpaired) electrons. The highest BCUT2D eigenvalue weighted by atomic mass is 31.0. The van der Waals surface area contributed by atoms with Crippen LogP contribution in [-0.4, -0.2) is 64.3 Å². The van der Waals surface area contributed by atoms with Crippen molar-refractivity contribution in [2.45, 2.75) is 140 Å². The van der Waals surface area contributed by atoms with E-state index < -0.39 is 17.9 Å². The van der Waals surface area contributed by atoms with Gasteiger partial charge in [-0.1, -0.05) is 42.7 Å². The molecule has 2 saturated carbocycles. The third-order valence-corrected chi connectivity index (χ3v) is 11.1. The zero-order valence-electron chi connectivity index (χ0n) is 25.7. The van der Waals surface area contributed by atoms with Crippen molar-refractivity contribution in [1.82, 2.24) is 20.7 Å². The first kappa shape index (κ1) is 33.0. The van der Waals surface area contributed by atoms with Gasteiger partial charge in [-0.2, -0.15) is 0 Å². The van der Waals surface area contributed by atoms with E-state index in [2.05, 4.69) is 47.7 Å². The average molecular weight is 596 g/mol. The van der Waals surface area contributed by atoms with E-state index >= 15 is 0 Å². The summed E-state index contributed by atoms with van der Waals surface area (Å²) in [6.45, 7) is 14.8. The molecule has 0 aromatic carbocycles. The number of hydrogen-bond donors (Lipinski definition) is 3. The van der Waals surface area contributed by atoms with E-state index in [1.165, 1.54) is 64.4 Å². The maximum absolute atomic E-state index is 13.9. The maximum Gasteiger partial charge on any atom is 0.273 e. The molecule has 6 nitrogen and oxygen atoms in total. The van der Waals surface area contributed by atoms with E-state index in [0.717, 1.165) is 36.9 Å². The minimum absolute atomic E-state index is 0.00647. The first-order chi connectivity index (χ1) is 19.5. The first-order valence-electron chi connectivity index (χ1n) is 16.3. The number of allylic oxidation sites excluding steroid dienone is 1. The molecule has 234 valence electrons. The van der Waals surface area contributed by atoms with Crippen LogP contribution in [0.15, 0.2) is 24.9 Å². The van der Waals surface area contributed by atoms with Crippen LogP contribution < -0.4 is 16.5 Å². The van der Waals surface area contributed by atoms with Crippen molar-refractivity contribution in [1.29, 1.82) is 0 Å². The molecule has 4 N–H and O–H groups in total. The molecular formula is C32H56F2N5OP. The van der Waals surface area contributed by atoms with Crippen LogP contribution in [0.3, 0.4) is 0 Å². The third-order valence-electron chi connectivity index (χ3n) is 10.7. The normalized spacial score (nSPS) is 38.0. The van der Waals surface area contributed by atoms with Crippen LogP contribution in [-0.2, 0) is 4.79 Å². The molecule has 0 amide bonds. The van der Waals surface area contributed by atoms with E-state index in [9.17, 15) is 13.6 Å². The quantitative estimate of drug-likeness (QED) is 0.231. The van der Waals surface area contributed by atoms with Crippen LogP contribution in [0.1, 0.15) is 97.8 Å². The Morgan fingerprint density at radius 1 is 1.07 bits per heavy atom. The van der Waals surface area contributed by atoms with E-state index in [4.69, 9.17) is 5.73 Å². The summed E-state index contributed by atoms with van der Waals surface area (Å²) in [6.07, 6.45) is 14.9. The number of piperidine rings is 2. The Bertz CT molecular complexity index is 903. The second-order valence-electron chi connectivity index (χ2n) is 13.3. The summed E-state index contributed by atoms with van der Waals surface area (Å²) in [7, 11) is 1.68. The minimum atomic E-state index is -2.83. The summed E-state index contributed by atoms with van der Waals surface area (Å²) in [6, 6.07) is 1.28. The van der Waals surface area contributed by atoms with Crippen molar-refractivity contribution < 1.29 is 13.6 Å². The Labute approximate surface area is 249 Å². The predicted molar refractivity (Wildman–Crippen MR) is 167 cm³/mol.